The van der Waals surface area contributed by atoms with Gasteiger partial charge in [0.05, 0.1) is 7.11 Å². The molecule has 0 fully saturated rings. The van der Waals surface area contributed by atoms with Crippen molar-refractivity contribution < 1.29 is 52.4 Å². The van der Waals surface area contributed by atoms with Crippen LogP contribution >= 0.6 is 0 Å². The molecular weight excluding hydrogens is 440 g/mol. The van der Waals surface area contributed by atoms with E-state index < -0.39 is 66.8 Å². The minimum atomic E-state index is -1.33. The predicted molar refractivity (Wildman–Crippen MR) is 111 cm³/mol. The van der Waals surface area contributed by atoms with Gasteiger partial charge in [-0.05, 0) is 6.42 Å². The first-order valence-electron chi connectivity index (χ1n) is 10.2. The maximum absolute atomic E-state index is 12.5. The molecule has 0 saturated heterocycles. The SMILES string of the molecule is C=CCC1=C(C(=O)OC)O[C@@H]([C@H](OC(C)=O)[C@@H](COC(C)=O)OC(C)=O)[C@H](C)[C@H]1OC(C)=O. The Morgan fingerprint density at radius 3 is 2.06 bits per heavy atom. The summed E-state index contributed by atoms with van der Waals surface area (Å²) in [6.07, 6.45) is -3.10. The van der Waals surface area contributed by atoms with E-state index in [1.165, 1.54) is 13.0 Å². The summed E-state index contributed by atoms with van der Waals surface area (Å²) in [7, 11) is 1.14. The Kier molecular flexibility index (Phi) is 10.6. The number of ether oxygens (including phenoxy) is 6. The number of esters is 5. The molecular formula is C22H30O11. The Labute approximate surface area is 192 Å². The van der Waals surface area contributed by atoms with E-state index in [9.17, 15) is 24.0 Å². The van der Waals surface area contributed by atoms with Crippen molar-refractivity contribution in [2.75, 3.05) is 13.7 Å². The summed E-state index contributed by atoms with van der Waals surface area (Å²) in [5.74, 6) is -4.58. The monoisotopic (exact) mass is 470 g/mol. The zero-order valence-electron chi connectivity index (χ0n) is 19.6. The highest BCUT2D eigenvalue weighted by atomic mass is 16.6. The highest BCUT2D eigenvalue weighted by Crippen LogP contribution is 2.37. The molecule has 0 saturated carbocycles. The topological polar surface area (TPSA) is 141 Å². The molecule has 0 aromatic carbocycles. The van der Waals surface area contributed by atoms with Crippen LogP contribution in [0.1, 0.15) is 41.0 Å². The fourth-order valence-corrected chi connectivity index (χ4v) is 3.45. The molecule has 0 aromatic rings. The first-order valence-corrected chi connectivity index (χ1v) is 10.2. The molecule has 33 heavy (non-hydrogen) atoms. The Morgan fingerprint density at radius 1 is 1.00 bits per heavy atom. The van der Waals surface area contributed by atoms with E-state index in [2.05, 4.69) is 6.58 Å². The van der Waals surface area contributed by atoms with Gasteiger partial charge in [0.2, 0.25) is 5.76 Å². The van der Waals surface area contributed by atoms with Crippen molar-refractivity contribution in [2.45, 2.75) is 65.5 Å². The second-order valence-electron chi connectivity index (χ2n) is 7.33. The van der Waals surface area contributed by atoms with Crippen LogP contribution in [0.2, 0.25) is 0 Å². The maximum atomic E-state index is 12.5. The minimum absolute atomic E-state index is 0.137. The fourth-order valence-electron chi connectivity index (χ4n) is 3.45. The van der Waals surface area contributed by atoms with Gasteiger partial charge in [0, 0.05) is 39.2 Å². The molecule has 0 aromatic heterocycles. The second-order valence-corrected chi connectivity index (χ2v) is 7.33. The van der Waals surface area contributed by atoms with E-state index >= 15 is 0 Å². The summed E-state index contributed by atoms with van der Waals surface area (Å²) in [6.45, 7) is 9.45. The zero-order chi connectivity index (χ0) is 25.3. The van der Waals surface area contributed by atoms with Crippen LogP contribution in [0.5, 0.6) is 0 Å². The quantitative estimate of drug-likeness (QED) is 0.260. The van der Waals surface area contributed by atoms with E-state index in [1.807, 2.05) is 0 Å². The van der Waals surface area contributed by atoms with Crippen molar-refractivity contribution in [2.24, 2.45) is 5.92 Å². The number of allylic oxidation sites excluding steroid dienone is 1. The van der Waals surface area contributed by atoms with Gasteiger partial charge in [0.15, 0.2) is 12.2 Å². The molecule has 0 N–H and O–H groups in total. The van der Waals surface area contributed by atoms with E-state index in [0.29, 0.717) is 5.57 Å². The first kappa shape index (κ1) is 27.7. The van der Waals surface area contributed by atoms with E-state index in [-0.39, 0.29) is 12.2 Å². The Balaban J connectivity index is 3.60. The van der Waals surface area contributed by atoms with E-state index in [0.717, 1.165) is 27.9 Å². The summed E-state index contributed by atoms with van der Waals surface area (Å²) in [4.78, 5) is 59.3. The van der Waals surface area contributed by atoms with Gasteiger partial charge in [-0.15, -0.1) is 6.58 Å². The molecule has 0 aliphatic carbocycles. The van der Waals surface area contributed by atoms with Gasteiger partial charge in [-0.3, -0.25) is 19.2 Å². The lowest BCUT2D eigenvalue weighted by Crippen LogP contribution is -2.54. The summed E-state index contributed by atoms with van der Waals surface area (Å²) >= 11 is 0. The minimum Gasteiger partial charge on any atom is -0.479 e. The van der Waals surface area contributed by atoms with Crippen LogP contribution in [0.25, 0.3) is 0 Å². The lowest BCUT2D eigenvalue weighted by Gasteiger charge is -2.42. The Bertz CT molecular complexity index is 813. The molecule has 11 nitrogen and oxygen atoms in total. The van der Waals surface area contributed by atoms with Gasteiger partial charge in [-0.25, -0.2) is 4.79 Å². The summed E-state index contributed by atoms with van der Waals surface area (Å²) < 4.78 is 31.8. The molecule has 0 amide bonds. The van der Waals surface area contributed by atoms with Crippen molar-refractivity contribution in [1.29, 1.82) is 0 Å². The smallest absolute Gasteiger partial charge is 0.373 e. The van der Waals surface area contributed by atoms with Crippen LogP contribution in [0.15, 0.2) is 24.0 Å². The molecule has 0 spiro atoms. The summed E-state index contributed by atoms with van der Waals surface area (Å²) in [5, 5.41) is 0. The van der Waals surface area contributed by atoms with Crippen molar-refractivity contribution in [3.8, 4) is 0 Å². The third-order valence-electron chi connectivity index (χ3n) is 4.67. The average Bonchev–Trinajstić information content (AvgIpc) is 2.71. The van der Waals surface area contributed by atoms with Gasteiger partial charge in [-0.1, -0.05) is 13.0 Å². The van der Waals surface area contributed by atoms with Crippen molar-refractivity contribution in [3.63, 3.8) is 0 Å². The van der Waals surface area contributed by atoms with E-state index in [4.69, 9.17) is 28.4 Å². The molecule has 0 bridgehead atoms. The van der Waals surface area contributed by atoms with Gasteiger partial charge >= 0.3 is 29.8 Å². The number of carbonyl (C=O) groups is 5. The number of rotatable bonds is 10. The molecule has 5 atom stereocenters. The standard InChI is InChI=1S/C22H30O11/c1-8-9-16-18(31-14(5)25)11(2)19(33-20(16)22(27)28-7)21(32-15(6)26)17(30-13(4)24)10-29-12(3)23/h8,11,17-19,21H,1,9-10H2,2-7H3/t11-,17-,18-,19-,21-/m1/s1. The number of carbonyl (C=O) groups excluding carboxylic acids is 5. The first-order chi connectivity index (χ1) is 15.4. The molecule has 1 aliphatic heterocycles. The van der Waals surface area contributed by atoms with Crippen LogP contribution in [-0.2, 0) is 52.4 Å². The molecule has 184 valence electrons. The predicted octanol–water partition coefficient (Wildman–Crippen LogP) is 1.38. The van der Waals surface area contributed by atoms with Crippen LogP contribution in [0.3, 0.4) is 0 Å². The largest absolute Gasteiger partial charge is 0.479 e. The second kappa shape index (κ2) is 12.6. The van der Waals surface area contributed by atoms with Crippen LogP contribution in [0.4, 0.5) is 0 Å². The zero-order valence-corrected chi connectivity index (χ0v) is 19.6. The molecule has 0 unspecified atom stereocenters. The van der Waals surface area contributed by atoms with Gasteiger partial charge in [0.25, 0.3) is 0 Å². The Hall–Kier alpha value is -3.37. The third kappa shape index (κ3) is 7.92. The highest BCUT2D eigenvalue weighted by Gasteiger charge is 2.49. The number of hydrogen-bond acceptors (Lipinski definition) is 11. The highest BCUT2D eigenvalue weighted by molar-refractivity contribution is 5.87. The van der Waals surface area contributed by atoms with Gasteiger partial charge in [0.1, 0.15) is 18.8 Å². The molecule has 11 heteroatoms. The van der Waals surface area contributed by atoms with Crippen LogP contribution in [0, 0.1) is 5.92 Å². The molecule has 1 rings (SSSR count). The molecule has 0 radical (unpaired) electrons. The third-order valence-corrected chi connectivity index (χ3v) is 4.67. The van der Waals surface area contributed by atoms with E-state index in [1.54, 1.807) is 6.92 Å². The van der Waals surface area contributed by atoms with Crippen molar-refractivity contribution in [1.82, 2.24) is 0 Å². The average molecular weight is 470 g/mol. The maximum Gasteiger partial charge on any atom is 0.373 e. The normalized spacial score (nSPS) is 21.6. The summed E-state index contributed by atoms with van der Waals surface area (Å²) in [5.41, 5.74) is 0.307. The number of hydrogen-bond donors (Lipinski definition) is 0. The van der Waals surface area contributed by atoms with Crippen molar-refractivity contribution in [3.05, 3.63) is 24.0 Å². The Morgan fingerprint density at radius 2 is 1.61 bits per heavy atom. The molecule has 1 heterocycles. The molecule has 1 aliphatic rings. The van der Waals surface area contributed by atoms with Crippen LogP contribution < -0.4 is 0 Å². The van der Waals surface area contributed by atoms with Crippen molar-refractivity contribution >= 4 is 29.8 Å². The lowest BCUT2D eigenvalue weighted by atomic mass is 9.83. The van der Waals surface area contributed by atoms with Crippen LogP contribution in [-0.4, -0.2) is 68.0 Å². The summed E-state index contributed by atoms with van der Waals surface area (Å²) in [6, 6.07) is 0. The van der Waals surface area contributed by atoms with Gasteiger partial charge < -0.3 is 28.4 Å². The van der Waals surface area contributed by atoms with Gasteiger partial charge in [-0.2, -0.15) is 0 Å². The fraction of sp³-hybridized carbons (Fsp3) is 0.591. The lowest BCUT2D eigenvalue weighted by molar-refractivity contribution is -0.195. The number of methoxy groups -OCH3 is 1.